The molecule has 0 saturated carbocycles. The lowest BCUT2D eigenvalue weighted by atomic mass is 9.97. The van der Waals surface area contributed by atoms with Crippen LogP contribution < -0.4 is 4.52 Å². The first-order chi connectivity index (χ1) is 11.8. The van der Waals surface area contributed by atoms with Gasteiger partial charge in [0, 0.05) is 5.39 Å². The standard InChI is InChI=1S/C17H11FNO5P/c18-16-7-10(2-4-17(16)20)12-5-11-1-3-14(24-25(21,22)23)8-15(11)13(6-12)9-19/h1-8,20H,(H2,21,22,23). The van der Waals surface area contributed by atoms with Crippen molar-refractivity contribution in [3.8, 4) is 28.7 Å². The third kappa shape index (κ3) is 3.62. The van der Waals surface area contributed by atoms with Gasteiger partial charge in [-0.05, 0) is 52.9 Å². The van der Waals surface area contributed by atoms with Crippen LogP contribution in [0, 0.1) is 17.1 Å². The molecule has 0 saturated heterocycles. The van der Waals surface area contributed by atoms with Crippen LogP contribution in [-0.2, 0) is 4.57 Å². The molecule has 3 N–H and O–H groups in total. The smallest absolute Gasteiger partial charge is 0.505 e. The van der Waals surface area contributed by atoms with E-state index in [2.05, 4.69) is 4.52 Å². The topological polar surface area (TPSA) is 111 Å². The van der Waals surface area contributed by atoms with Crippen LogP contribution in [0.15, 0.2) is 48.5 Å². The van der Waals surface area contributed by atoms with E-state index in [-0.39, 0.29) is 11.3 Å². The Morgan fingerprint density at radius 3 is 2.44 bits per heavy atom. The van der Waals surface area contributed by atoms with E-state index in [0.29, 0.717) is 21.9 Å². The van der Waals surface area contributed by atoms with Gasteiger partial charge < -0.3 is 9.63 Å². The van der Waals surface area contributed by atoms with Gasteiger partial charge in [0.1, 0.15) is 5.75 Å². The molecule has 0 atom stereocenters. The van der Waals surface area contributed by atoms with Gasteiger partial charge in [-0.2, -0.15) is 5.26 Å². The molecule has 0 aliphatic heterocycles. The average Bonchev–Trinajstić information content (AvgIpc) is 2.55. The Bertz CT molecular complexity index is 1070. The third-order valence-electron chi connectivity index (χ3n) is 3.55. The predicted molar refractivity (Wildman–Crippen MR) is 88.4 cm³/mol. The Balaban J connectivity index is 2.15. The number of aromatic hydroxyl groups is 1. The number of phosphoric ester groups is 1. The number of phosphoric acid groups is 1. The Morgan fingerprint density at radius 2 is 1.80 bits per heavy atom. The number of nitriles is 1. The summed E-state index contributed by atoms with van der Waals surface area (Å²) in [5, 5.41) is 19.7. The van der Waals surface area contributed by atoms with Gasteiger partial charge in [0.05, 0.1) is 11.6 Å². The maximum Gasteiger partial charge on any atom is 0.524 e. The fraction of sp³-hybridized carbons (Fsp3) is 0. The fourth-order valence-electron chi connectivity index (χ4n) is 2.48. The lowest BCUT2D eigenvalue weighted by Crippen LogP contribution is -1.91. The van der Waals surface area contributed by atoms with Crippen molar-refractivity contribution >= 4 is 18.6 Å². The fourth-order valence-corrected chi connectivity index (χ4v) is 2.86. The minimum Gasteiger partial charge on any atom is -0.505 e. The molecule has 0 aliphatic carbocycles. The Morgan fingerprint density at radius 1 is 1.04 bits per heavy atom. The maximum atomic E-state index is 13.6. The van der Waals surface area contributed by atoms with Crippen molar-refractivity contribution < 1.29 is 28.4 Å². The summed E-state index contributed by atoms with van der Waals surface area (Å²) in [4.78, 5) is 17.8. The normalized spacial score (nSPS) is 11.3. The summed E-state index contributed by atoms with van der Waals surface area (Å²) in [7, 11) is -4.71. The molecule has 6 nitrogen and oxygen atoms in total. The highest BCUT2D eigenvalue weighted by molar-refractivity contribution is 7.46. The van der Waals surface area contributed by atoms with Gasteiger partial charge in [-0.25, -0.2) is 8.96 Å². The predicted octanol–water partition coefficient (Wildman–Crippen LogP) is 3.69. The zero-order valence-corrected chi connectivity index (χ0v) is 13.4. The molecule has 3 rings (SSSR count). The van der Waals surface area contributed by atoms with E-state index in [9.17, 15) is 19.3 Å². The molecule has 0 unspecified atom stereocenters. The maximum absolute atomic E-state index is 13.6. The molecule has 25 heavy (non-hydrogen) atoms. The Hall–Kier alpha value is -2.91. The molecule has 0 heterocycles. The number of benzene rings is 3. The summed E-state index contributed by atoms with van der Waals surface area (Å²) in [5.74, 6) is -1.31. The van der Waals surface area contributed by atoms with Crippen molar-refractivity contribution in [2.75, 3.05) is 0 Å². The third-order valence-corrected chi connectivity index (χ3v) is 4.00. The first-order valence-corrected chi connectivity index (χ1v) is 8.52. The van der Waals surface area contributed by atoms with Crippen LogP contribution in [0.5, 0.6) is 11.5 Å². The average molecular weight is 359 g/mol. The molecule has 8 heteroatoms. The largest absolute Gasteiger partial charge is 0.524 e. The van der Waals surface area contributed by atoms with E-state index >= 15 is 0 Å². The van der Waals surface area contributed by atoms with Gasteiger partial charge in [0.2, 0.25) is 0 Å². The highest BCUT2D eigenvalue weighted by Gasteiger charge is 2.17. The molecule has 0 radical (unpaired) electrons. The van der Waals surface area contributed by atoms with E-state index in [1.54, 1.807) is 12.1 Å². The van der Waals surface area contributed by atoms with Crippen LogP contribution in [0.3, 0.4) is 0 Å². The van der Waals surface area contributed by atoms with Crippen LogP contribution >= 0.6 is 7.82 Å². The van der Waals surface area contributed by atoms with E-state index in [4.69, 9.17) is 9.79 Å². The van der Waals surface area contributed by atoms with Crippen LogP contribution in [0.4, 0.5) is 4.39 Å². The Kier molecular flexibility index (Phi) is 4.19. The van der Waals surface area contributed by atoms with Gasteiger partial charge in [-0.3, -0.25) is 9.79 Å². The van der Waals surface area contributed by atoms with E-state index < -0.39 is 19.4 Å². The van der Waals surface area contributed by atoms with Crippen molar-refractivity contribution in [1.29, 1.82) is 5.26 Å². The van der Waals surface area contributed by atoms with Gasteiger partial charge in [0.25, 0.3) is 0 Å². The molecule has 3 aromatic rings. The zero-order valence-electron chi connectivity index (χ0n) is 12.5. The molecule has 126 valence electrons. The lowest BCUT2D eigenvalue weighted by Gasteiger charge is -2.10. The van der Waals surface area contributed by atoms with E-state index in [1.165, 1.54) is 30.3 Å². The summed E-state index contributed by atoms with van der Waals surface area (Å²) < 4.78 is 29.0. The first-order valence-electron chi connectivity index (χ1n) is 6.99. The van der Waals surface area contributed by atoms with Gasteiger partial charge >= 0.3 is 7.82 Å². The minimum absolute atomic E-state index is 0.0687. The minimum atomic E-state index is -4.71. The number of hydrogen-bond acceptors (Lipinski definition) is 4. The van der Waals surface area contributed by atoms with Crippen LogP contribution in [0.25, 0.3) is 21.9 Å². The number of halogens is 1. The molecule has 0 fully saturated rings. The molecule has 0 bridgehead atoms. The molecule has 0 aromatic heterocycles. The molecule has 3 aromatic carbocycles. The molecule has 0 amide bonds. The van der Waals surface area contributed by atoms with Gasteiger partial charge in [-0.1, -0.05) is 12.1 Å². The lowest BCUT2D eigenvalue weighted by molar-refractivity contribution is 0.283. The highest BCUT2D eigenvalue weighted by Crippen LogP contribution is 2.39. The second-order valence-corrected chi connectivity index (χ2v) is 6.43. The number of nitrogens with zero attached hydrogens (tertiary/aromatic N) is 1. The number of phenols is 1. The van der Waals surface area contributed by atoms with Crippen LogP contribution in [0.2, 0.25) is 0 Å². The summed E-state index contributed by atoms with van der Waals surface area (Å²) in [6.45, 7) is 0. The van der Waals surface area contributed by atoms with Gasteiger partial charge in [-0.15, -0.1) is 0 Å². The van der Waals surface area contributed by atoms with Crippen LogP contribution in [0.1, 0.15) is 5.56 Å². The highest BCUT2D eigenvalue weighted by atomic mass is 31.2. The monoisotopic (exact) mass is 359 g/mol. The summed E-state index contributed by atoms with van der Waals surface area (Å²) in [6.07, 6.45) is 0. The van der Waals surface area contributed by atoms with Crippen molar-refractivity contribution in [1.82, 2.24) is 0 Å². The first kappa shape index (κ1) is 16.9. The summed E-state index contributed by atoms with van der Waals surface area (Å²) in [5.41, 5.74) is 1.27. The molecular formula is C17H11FNO5P. The van der Waals surface area contributed by atoms with Crippen molar-refractivity contribution in [3.63, 3.8) is 0 Å². The summed E-state index contributed by atoms with van der Waals surface area (Å²) in [6, 6.07) is 13.4. The second kappa shape index (κ2) is 6.19. The number of hydrogen-bond donors (Lipinski definition) is 3. The quantitative estimate of drug-likeness (QED) is 0.615. The van der Waals surface area contributed by atoms with Crippen molar-refractivity contribution in [2.24, 2.45) is 0 Å². The second-order valence-electron chi connectivity index (χ2n) is 5.27. The van der Waals surface area contributed by atoms with E-state index in [0.717, 1.165) is 6.07 Å². The van der Waals surface area contributed by atoms with E-state index in [1.807, 2.05) is 6.07 Å². The number of phenolic OH excluding ortho intramolecular Hbond substituents is 1. The van der Waals surface area contributed by atoms with Crippen molar-refractivity contribution in [2.45, 2.75) is 0 Å². The number of rotatable bonds is 3. The van der Waals surface area contributed by atoms with Crippen LogP contribution in [-0.4, -0.2) is 14.9 Å². The molecule has 0 aliphatic rings. The molecule has 0 spiro atoms. The Labute approximate surface area is 141 Å². The van der Waals surface area contributed by atoms with Gasteiger partial charge in [0.15, 0.2) is 11.6 Å². The van der Waals surface area contributed by atoms with Crippen molar-refractivity contribution in [3.05, 3.63) is 59.9 Å². The SMILES string of the molecule is N#Cc1cc(-c2ccc(O)c(F)c2)cc2ccc(OP(=O)(O)O)cc12. The summed E-state index contributed by atoms with van der Waals surface area (Å²) >= 11 is 0. The molecular weight excluding hydrogens is 348 g/mol. The number of fused-ring (bicyclic) bond motifs is 1. The zero-order chi connectivity index (χ0) is 18.2.